The Hall–Kier alpha value is -2.23. The van der Waals surface area contributed by atoms with E-state index in [4.69, 9.17) is 13.6 Å². The summed E-state index contributed by atoms with van der Waals surface area (Å²) in [4.78, 5) is 12.5. The van der Waals surface area contributed by atoms with Gasteiger partial charge in [0.15, 0.2) is 11.5 Å². The minimum atomic E-state index is -1.11. The lowest BCUT2D eigenvalue weighted by atomic mass is 9.92. The molecule has 1 unspecified atom stereocenters. The summed E-state index contributed by atoms with van der Waals surface area (Å²) in [6.45, 7) is 11.1. The number of carbonyl (C=O) groups excluding carboxylic acids is 1. The Morgan fingerprint density at radius 1 is 1.04 bits per heavy atom. The summed E-state index contributed by atoms with van der Waals surface area (Å²) in [5.74, 6) is 3.52. The first-order valence-corrected chi connectivity index (χ1v) is 8.37. The largest absolute Gasteiger partial charge is 0.476 e. The second-order valence-corrected chi connectivity index (χ2v) is 6.05. The van der Waals surface area contributed by atoms with Crippen LogP contribution >= 0.6 is 0 Å². The first kappa shape index (κ1) is 18.1. The predicted molar refractivity (Wildman–Crippen MR) is 93.5 cm³/mol. The van der Waals surface area contributed by atoms with Gasteiger partial charge in [-0.05, 0) is 64.8 Å². The first-order chi connectivity index (χ1) is 11.3. The van der Waals surface area contributed by atoms with Crippen LogP contribution in [0, 0.1) is 13.8 Å². The first-order valence-electron chi connectivity index (χ1n) is 8.37. The van der Waals surface area contributed by atoms with Gasteiger partial charge in [0.05, 0.1) is 0 Å². The van der Waals surface area contributed by atoms with E-state index in [0.29, 0.717) is 17.9 Å². The molecular formula is C20H26O4. The Balaban J connectivity index is 2.48. The SMILES string of the molecule is CCC(=C(C)OC(CC)(C(C)=O)c1ccc(C)o1)c1ccc(C)o1. The van der Waals surface area contributed by atoms with E-state index >= 15 is 0 Å². The second-order valence-electron chi connectivity index (χ2n) is 6.05. The van der Waals surface area contributed by atoms with Crippen LogP contribution in [-0.4, -0.2) is 5.78 Å². The van der Waals surface area contributed by atoms with Crippen LogP contribution in [-0.2, 0) is 15.1 Å². The van der Waals surface area contributed by atoms with Crippen LogP contribution in [0.4, 0.5) is 0 Å². The maximum atomic E-state index is 12.5. The summed E-state index contributed by atoms with van der Waals surface area (Å²) in [5, 5.41) is 0. The van der Waals surface area contributed by atoms with Gasteiger partial charge in [0.1, 0.15) is 23.0 Å². The molecule has 0 bridgehead atoms. The van der Waals surface area contributed by atoms with Crippen molar-refractivity contribution in [1.82, 2.24) is 0 Å². The van der Waals surface area contributed by atoms with Crippen LogP contribution in [0.2, 0.25) is 0 Å². The van der Waals surface area contributed by atoms with Crippen molar-refractivity contribution in [3.05, 3.63) is 53.1 Å². The maximum absolute atomic E-state index is 12.5. The van der Waals surface area contributed by atoms with E-state index < -0.39 is 5.60 Å². The zero-order chi connectivity index (χ0) is 17.9. The summed E-state index contributed by atoms with van der Waals surface area (Å²) in [5.41, 5.74) is -0.161. The highest BCUT2D eigenvalue weighted by atomic mass is 16.5. The van der Waals surface area contributed by atoms with Gasteiger partial charge in [0.25, 0.3) is 0 Å². The van der Waals surface area contributed by atoms with Crippen LogP contribution in [0.1, 0.15) is 63.6 Å². The molecule has 2 aromatic heterocycles. The molecule has 0 spiro atoms. The number of aryl methyl sites for hydroxylation is 2. The smallest absolute Gasteiger partial charge is 0.222 e. The summed E-state index contributed by atoms with van der Waals surface area (Å²) in [7, 11) is 0. The number of carbonyl (C=O) groups is 1. The molecule has 2 rings (SSSR count). The highest BCUT2D eigenvalue weighted by Crippen LogP contribution is 2.37. The van der Waals surface area contributed by atoms with Crippen molar-refractivity contribution in [2.75, 3.05) is 0 Å². The molecule has 2 heterocycles. The van der Waals surface area contributed by atoms with Crippen LogP contribution in [0.25, 0.3) is 5.57 Å². The van der Waals surface area contributed by atoms with E-state index in [9.17, 15) is 4.79 Å². The van der Waals surface area contributed by atoms with Gasteiger partial charge in [0, 0.05) is 5.57 Å². The molecule has 0 radical (unpaired) electrons. The molecule has 2 aromatic rings. The zero-order valence-corrected chi connectivity index (χ0v) is 15.4. The minimum Gasteiger partial charge on any atom is -0.476 e. The number of hydrogen-bond donors (Lipinski definition) is 0. The monoisotopic (exact) mass is 330 g/mol. The Kier molecular flexibility index (Phi) is 5.37. The molecule has 0 aliphatic carbocycles. The number of ketones is 1. The number of hydrogen-bond acceptors (Lipinski definition) is 4. The average Bonchev–Trinajstić information content (AvgIpc) is 3.14. The molecule has 4 heteroatoms. The normalized spacial score (nSPS) is 14.9. The molecule has 0 amide bonds. The van der Waals surface area contributed by atoms with Gasteiger partial charge >= 0.3 is 0 Å². The van der Waals surface area contributed by atoms with Crippen molar-refractivity contribution in [2.45, 2.75) is 60.0 Å². The third kappa shape index (κ3) is 3.32. The van der Waals surface area contributed by atoms with Crippen LogP contribution in [0.5, 0.6) is 0 Å². The Morgan fingerprint density at radius 2 is 1.67 bits per heavy atom. The molecule has 1 atom stereocenters. The lowest BCUT2D eigenvalue weighted by Crippen LogP contribution is -2.36. The van der Waals surface area contributed by atoms with Gasteiger partial charge in [-0.2, -0.15) is 0 Å². The molecule has 24 heavy (non-hydrogen) atoms. The Morgan fingerprint density at radius 3 is 2.08 bits per heavy atom. The lowest BCUT2D eigenvalue weighted by Gasteiger charge is -2.30. The quantitative estimate of drug-likeness (QED) is 0.625. The van der Waals surface area contributed by atoms with E-state index in [1.165, 1.54) is 6.92 Å². The fraction of sp³-hybridized carbons (Fsp3) is 0.450. The average molecular weight is 330 g/mol. The lowest BCUT2D eigenvalue weighted by molar-refractivity contribution is -0.141. The summed E-state index contributed by atoms with van der Waals surface area (Å²) >= 11 is 0. The van der Waals surface area contributed by atoms with E-state index in [1.54, 1.807) is 0 Å². The molecule has 130 valence electrons. The summed E-state index contributed by atoms with van der Waals surface area (Å²) in [6.07, 6.45) is 1.23. The number of allylic oxidation sites excluding steroid dienone is 2. The van der Waals surface area contributed by atoms with Crippen molar-refractivity contribution in [3.8, 4) is 0 Å². The van der Waals surface area contributed by atoms with Crippen LogP contribution in [0.3, 0.4) is 0 Å². The maximum Gasteiger partial charge on any atom is 0.222 e. The Bertz CT molecular complexity index is 747. The predicted octanol–water partition coefficient (Wildman–Crippen LogP) is 5.54. The number of rotatable bonds is 7. The summed E-state index contributed by atoms with van der Waals surface area (Å²) < 4.78 is 17.7. The Labute approximate surface area is 143 Å². The fourth-order valence-corrected chi connectivity index (χ4v) is 2.96. The molecule has 0 fully saturated rings. The molecule has 0 aliphatic rings. The minimum absolute atomic E-state index is 0.0789. The van der Waals surface area contributed by atoms with Gasteiger partial charge < -0.3 is 13.6 Å². The highest BCUT2D eigenvalue weighted by Gasteiger charge is 2.41. The van der Waals surface area contributed by atoms with Gasteiger partial charge in [-0.3, -0.25) is 4.79 Å². The molecule has 0 saturated heterocycles. The summed E-state index contributed by atoms with van der Waals surface area (Å²) in [6, 6.07) is 7.52. The number of Topliss-reactive ketones (excluding diaryl/α,β-unsaturated/α-hetero) is 1. The van der Waals surface area contributed by atoms with Crippen molar-refractivity contribution in [1.29, 1.82) is 0 Å². The topological polar surface area (TPSA) is 52.6 Å². The molecule has 4 nitrogen and oxygen atoms in total. The van der Waals surface area contributed by atoms with Gasteiger partial charge in [-0.1, -0.05) is 13.8 Å². The van der Waals surface area contributed by atoms with Gasteiger partial charge in [0.2, 0.25) is 5.60 Å². The molecule has 0 N–H and O–H groups in total. The molecule has 0 aromatic carbocycles. The molecule has 0 aliphatic heterocycles. The van der Waals surface area contributed by atoms with E-state index in [2.05, 4.69) is 0 Å². The third-order valence-electron chi connectivity index (χ3n) is 4.35. The zero-order valence-electron chi connectivity index (χ0n) is 15.4. The number of ether oxygens (including phenoxy) is 1. The second kappa shape index (κ2) is 7.12. The van der Waals surface area contributed by atoms with E-state index in [0.717, 1.165) is 29.3 Å². The van der Waals surface area contributed by atoms with Crippen LogP contribution in [0.15, 0.2) is 38.9 Å². The molecule has 0 saturated carbocycles. The van der Waals surface area contributed by atoms with Crippen molar-refractivity contribution in [3.63, 3.8) is 0 Å². The van der Waals surface area contributed by atoms with Crippen LogP contribution < -0.4 is 0 Å². The third-order valence-corrected chi connectivity index (χ3v) is 4.35. The number of furan rings is 2. The van der Waals surface area contributed by atoms with E-state index in [-0.39, 0.29) is 5.78 Å². The van der Waals surface area contributed by atoms with Crippen molar-refractivity contribution < 1.29 is 18.4 Å². The standard InChI is InChI=1S/C20H26O4/c1-7-17(18-11-9-13(3)22-18)15(5)24-20(8-2,16(6)21)19-12-10-14(4)23-19/h9-12H,7-8H2,1-6H3. The van der Waals surface area contributed by atoms with Crippen molar-refractivity contribution in [2.24, 2.45) is 0 Å². The highest BCUT2D eigenvalue weighted by molar-refractivity contribution is 5.86. The fourth-order valence-electron chi connectivity index (χ4n) is 2.96. The van der Waals surface area contributed by atoms with Gasteiger partial charge in [-0.25, -0.2) is 0 Å². The van der Waals surface area contributed by atoms with E-state index in [1.807, 2.05) is 58.9 Å². The van der Waals surface area contributed by atoms with Crippen molar-refractivity contribution >= 4 is 11.4 Å². The molecular weight excluding hydrogens is 304 g/mol. The van der Waals surface area contributed by atoms with Gasteiger partial charge in [-0.15, -0.1) is 0 Å².